The highest BCUT2D eigenvalue weighted by Gasteiger charge is 2.00. The number of hydrogen-bond donors (Lipinski definition) is 3. The molecule has 1 unspecified atom stereocenters. The van der Waals surface area contributed by atoms with Crippen LogP contribution in [-0.4, -0.2) is 28.0 Å². The molecule has 62 valence electrons. The monoisotopic (exact) mass is 174 g/mol. The Kier molecular flexibility index (Phi) is 2.61. The zero-order valence-corrected chi connectivity index (χ0v) is 6.93. The third-order valence-electron chi connectivity index (χ3n) is 0.989. The maximum absolute atomic E-state index is 8.88. The molecule has 11 heavy (non-hydrogen) atoms. The zero-order chi connectivity index (χ0) is 8.27. The van der Waals surface area contributed by atoms with Gasteiger partial charge >= 0.3 is 0 Å². The third-order valence-corrected chi connectivity index (χ3v) is 1.70. The number of nitrogens with one attached hydrogen (secondary N) is 1. The van der Waals surface area contributed by atoms with E-state index in [2.05, 4.69) is 15.5 Å². The number of anilines is 2. The van der Waals surface area contributed by atoms with Crippen LogP contribution in [0.2, 0.25) is 0 Å². The molecular formula is C5H10N4OS. The summed E-state index contributed by atoms with van der Waals surface area (Å²) in [6.07, 6.45) is -0.389. The van der Waals surface area contributed by atoms with Crippen LogP contribution in [0.15, 0.2) is 0 Å². The maximum Gasteiger partial charge on any atom is 0.207 e. The molecule has 1 rings (SSSR count). The van der Waals surface area contributed by atoms with Gasteiger partial charge in [-0.1, -0.05) is 11.3 Å². The van der Waals surface area contributed by atoms with Crippen molar-refractivity contribution in [2.75, 3.05) is 17.6 Å². The van der Waals surface area contributed by atoms with Crippen molar-refractivity contribution in [3.8, 4) is 0 Å². The molecule has 1 aromatic heterocycles. The Labute approximate surface area is 68.3 Å². The van der Waals surface area contributed by atoms with E-state index >= 15 is 0 Å². The van der Waals surface area contributed by atoms with E-state index in [1.54, 1.807) is 6.92 Å². The second-order valence-corrected chi connectivity index (χ2v) is 3.18. The second-order valence-electron chi connectivity index (χ2n) is 2.18. The summed E-state index contributed by atoms with van der Waals surface area (Å²) in [5.74, 6) is 0. The Bertz CT molecular complexity index is 224. The Hall–Kier alpha value is -0.880. The minimum absolute atomic E-state index is 0.389. The van der Waals surface area contributed by atoms with Gasteiger partial charge in [-0.05, 0) is 6.92 Å². The van der Waals surface area contributed by atoms with Crippen LogP contribution in [-0.2, 0) is 0 Å². The van der Waals surface area contributed by atoms with Gasteiger partial charge in [0, 0.05) is 6.54 Å². The van der Waals surface area contributed by atoms with E-state index < -0.39 is 0 Å². The minimum atomic E-state index is -0.389. The van der Waals surface area contributed by atoms with E-state index in [1.165, 1.54) is 11.3 Å². The van der Waals surface area contributed by atoms with Crippen molar-refractivity contribution in [3.05, 3.63) is 0 Å². The van der Waals surface area contributed by atoms with Gasteiger partial charge in [0.05, 0.1) is 6.10 Å². The fourth-order valence-corrected chi connectivity index (χ4v) is 1.06. The molecule has 1 atom stereocenters. The first-order chi connectivity index (χ1) is 5.18. The van der Waals surface area contributed by atoms with Crippen LogP contribution in [0.5, 0.6) is 0 Å². The van der Waals surface area contributed by atoms with Gasteiger partial charge < -0.3 is 16.2 Å². The molecule has 1 heterocycles. The molecule has 0 amide bonds. The van der Waals surface area contributed by atoms with Crippen molar-refractivity contribution in [1.29, 1.82) is 0 Å². The molecule has 6 heteroatoms. The van der Waals surface area contributed by atoms with Gasteiger partial charge in [0.1, 0.15) is 0 Å². The van der Waals surface area contributed by atoms with Crippen molar-refractivity contribution < 1.29 is 5.11 Å². The number of nitrogens with two attached hydrogens (primary N) is 1. The van der Waals surface area contributed by atoms with Gasteiger partial charge in [-0.2, -0.15) is 0 Å². The highest BCUT2D eigenvalue weighted by atomic mass is 32.1. The first kappa shape index (κ1) is 8.22. The lowest BCUT2D eigenvalue weighted by molar-refractivity contribution is 0.208. The van der Waals surface area contributed by atoms with Crippen molar-refractivity contribution in [3.63, 3.8) is 0 Å². The predicted molar refractivity (Wildman–Crippen MR) is 44.5 cm³/mol. The van der Waals surface area contributed by atoms with Gasteiger partial charge in [-0.15, -0.1) is 10.2 Å². The summed E-state index contributed by atoms with van der Waals surface area (Å²) in [7, 11) is 0. The summed E-state index contributed by atoms with van der Waals surface area (Å²) < 4.78 is 0. The lowest BCUT2D eigenvalue weighted by Gasteiger charge is -2.02. The number of nitrogens with zero attached hydrogens (tertiary/aromatic N) is 2. The molecule has 0 aliphatic heterocycles. The van der Waals surface area contributed by atoms with Crippen LogP contribution in [0.1, 0.15) is 6.92 Å². The summed E-state index contributed by atoms with van der Waals surface area (Å²) in [5, 5.41) is 20.1. The lowest BCUT2D eigenvalue weighted by atomic mass is 10.4. The quantitative estimate of drug-likeness (QED) is 0.596. The van der Waals surface area contributed by atoms with E-state index in [0.717, 1.165) is 0 Å². The van der Waals surface area contributed by atoms with Gasteiger partial charge in [0.25, 0.3) is 0 Å². The molecule has 0 bridgehead atoms. The molecule has 0 spiro atoms. The lowest BCUT2D eigenvalue weighted by Crippen LogP contribution is -2.14. The summed E-state index contributed by atoms with van der Waals surface area (Å²) in [5.41, 5.74) is 5.33. The summed E-state index contributed by atoms with van der Waals surface area (Å²) in [6, 6.07) is 0. The Morgan fingerprint density at radius 3 is 2.91 bits per heavy atom. The highest BCUT2D eigenvalue weighted by molar-refractivity contribution is 7.18. The molecule has 0 saturated carbocycles. The smallest absolute Gasteiger partial charge is 0.207 e. The normalized spacial score (nSPS) is 12.9. The van der Waals surface area contributed by atoms with Crippen molar-refractivity contribution in [2.45, 2.75) is 13.0 Å². The molecule has 5 nitrogen and oxygen atoms in total. The van der Waals surface area contributed by atoms with E-state index in [-0.39, 0.29) is 6.10 Å². The number of nitrogen functional groups attached to an aromatic ring is 1. The zero-order valence-electron chi connectivity index (χ0n) is 6.11. The number of aliphatic hydroxyl groups is 1. The largest absolute Gasteiger partial charge is 0.392 e. The summed E-state index contributed by atoms with van der Waals surface area (Å²) in [4.78, 5) is 0. The molecule has 0 saturated heterocycles. The van der Waals surface area contributed by atoms with Crippen molar-refractivity contribution >= 4 is 21.6 Å². The molecular weight excluding hydrogens is 164 g/mol. The van der Waals surface area contributed by atoms with E-state index in [1.807, 2.05) is 0 Å². The summed E-state index contributed by atoms with van der Waals surface area (Å²) in [6.45, 7) is 2.16. The highest BCUT2D eigenvalue weighted by Crippen LogP contribution is 2.15. The predicted octanol–water partition coefficient (Wildman–Crippen LogP) is -0.0870. The second kappa shape index (κ2) is 3.49. The average Bonchev–Trinajstić information content (AvgIpc) is 2.31. The minimum Gasteiger partial charge on any atom is -0.392 e. The van der Waals surface area contributed by atoms with E-state index in [4.69, 9.17) is 10.8 Å². The van der Waals surface area contributed by atoms with Crippen LogP contribution in [0.4, 0.5) is 10.3 Å². The van der Waals surface area contributed by atoms with Gasteiger partial charge in [-0.25, -0.2) is 0 Å². The fourth-order valence-electron chi connectivity index (χ4n) is 0.541. The first-order valence-electron chi connectivity index (χ1n) is 3.19. The van der Waals surface area contributed by atoms with Crippen LogP contribution < -0.4 is 11.1 Å². The SMILES string of the molecule is CC(O)CNc1nnc(N)s1. The molecule has 0 aliphatic carbocycles. The fraction of sp³-hybridized carbons (Fsp3) is 0.600. The Morgan fingerprint density at radius 2 is 2.45 bits per heavy atom. The van der Waals surface area contributed by atoms with Gasteiger partial charge in [-0.3, -0.25) is 0 Å². The van der Waals surface area contributed by atoms with Crippen LogP contribution in [0.25, 0.3) is 0 Å². The standard InChI is InChI=1S/C5H10N4OS/c1-3(10)2-7-5-9-8-4(6)11-5/h3,10H,2H2,1H3,(H2,6,8)(H,7,9). The van der Waals surface area contributed by atoms with Gasteiger partial charge in [0.2, 0.25) is 10.3 Å². The molecule has 0 fully saturated rings. The Morgan fingerprint density at radius 1 is 1.73 bits per heavy atom. The summed E-state index contributed by atoms with van der Waals surface area (Å²) >= 11 is 1.26. The molecule has 1 aromatic rings. The third kappa shape index (κ3) is 2.69. The number of rotatable bonds is 3. The molecule has 0 aliphatic rings. The number of hydrogen-bond acceptors (Lipinski definition) is 6. The molecule has 4 N–H and O–H groups in total. The van der Waals surface area contributed by atoms with Crippen LogP contribution in [0.3, 0.4) is 0 Å². The van der Waals surface area contributed by atoms with Crippen LogP contribution in [0, 0.1) is 0 Å². The van der Waals surface area contributed by atoms with Crippen LogP contribution >= 0.6 is 11.3 Å². The average molecular weight is 174 g/mol. The molecule has 0 radical (unpaired) electrons. The van der Waals surface area contributed by atoms with Crippen molar-refractivity contribution in [1.82, 2.24) is 10.2 Å². The molecule has 0 aromatic carbocycles. The Balaban J connectivity index is 2.39. The van der Waals surface area contributed by atoms with Gasteiger partial charge in [0.15, 0.2) is 0 Å². The number of aliphatic hydroxyl groups excluding tert-OH is 1. The number of aromatic nitrogens is 2. The van der Waals surface area contributed by atoms with E-state index in [9.17, 15) is 0 Å². The van der Waals surface area contributed by atoms with Crippen molar-refractivity contribution in [2.24, 2.45) is 0 Å². The maximum atomic E-state index is 8.88. The first-order valence-corrected chi connectivity index (χ1v) is 4.01. The topological polar surface area (TPSA) is 84.1 Å². The van der Waals surface area contributed by atoms with E-state index in [0.29, 0.717) is 16.8 Å².